The molecule has 0 saturated heterocycles. The van der Waals surface area contributed by atoms with Crippen molar-refractivity contribution in [3.8, 4) is 0 Å². The van der Waals surface area contributed by atoms with Crippen LogP contribution in [0.3, 0.4) is 0 Å². The van der Waals surface area contributed by atoms with E-state index in [0.29, 0.717) is 31.0 Å². The van der Waals surface area contributed by atoms with Crippen LogP contribution in [0.1, 0.15) is 43.7 Å². The number of nitrogens with one attached hydrogen (secondary N) is 1. The molecule has 0 heterocycles. The first-order valence-electron chi connectivity index (χ1n) is 12.6. The summed E-state index contributed by atoms with van der Waals surface area (Å²) in [6, 6.07) is 27.0. The number of rotatable bonds is 14. The van der Waals surface area contributed by atoms with E-state index in [9.17, 15) is 9.59 Å². The van der Waals surface area contributed by atoms with Crippen molar-refractivity contribution < 1.29 is 9.59 Å². The standard InChI is InChI=1S/C30H35ClN2O2S/c1-2-3-20-32-30(35)28(22-24-11-6-4-7-12-24)33(23-25-13-8-5-9-14-25)29(34)15-10-21-36-27-18-16-26(31)17-19-27/h4-9,11-14,16-19,28H,2-3,10,15,20-23H2,1H3,(H,32,35)/t28-/m1/s1. The largest absolute Gasteiger partial charge is 0.354 e. The Morgan fingerprint density at radius 2 is 1.53 bits per heavy atom. The minimum absolute atomic E-state index is 0.00197. The van der Waals surface area contributed by atoms with Crippen LogP contribution in [0.5, 0.6) is 0 Å². The molecular formula is C30H35ClN2O2S. The van der Waals surface area contributed by atoms with Gasteiger partial charge in [0.05, 0.1) is 0 Å². The number of hydrogen-bond acceptors (Lipinski definition) is 3. The van der Waals surface area contributed by atoms with Gasteiger partial charge in [0.15, 0.2) is 0 Å². The summed E-state index contributed by atoms with van der Waals surface area (Å²) in [5.74, 6) is 0.729. The molecule has 36 heavy (non-hydrogen) atoms. The van der Waals surface area contributed by atoms with Gasteiger partial charge < -0.3 is 10.2 Å². The highest BCUT2D eigenvalue weighted by Crippen LogP contribution is 2.22. The Hall–Kier alpha value is -2.76. The molecule has 1 N–H and O–H groups in total. The number of amides is 2. The van der Waals surface area contributed by atoms with E-state index < -0.39 is 6.04 Å². The summed E-state index contributed by atoms with van der Waals surface area (Å²) < 4.78 is 0. The maximum Gasteiger partial charge on any atom is 0.243 e. The number of carbonyl (C=O) groups is 2. The molecule has 0 spiro atoms. The fourth-order valence-corrected chi connectivity index (χ4v) is 4.91. The number of halogens is 1. The lowest BCUT2D eigenvalue weighted by atomic mass is 10.0. The number of nitrogens with zero attached hydrogens (tertiary/aromatic N) is 1. The average molecular weight is 523 g/mol. The summed E-state index contributed by atoms with van der Waals surface area (Å²) in [6.45, 7) is 3.12. The predicted octanol–water partition coefficient (Wildman–Crippen LogP) is 6.77. The lowest BCUT2D eigenvalue weighted by Crippen LogP contribution is -2.50. The molecule has 3 aromatic rings. The molecule has 1 atom stereocenters. The summed E-state index contributed by atoms with van der Waals surface area (Å²) in [6.07, 6.45) is 3.52. The zero-order valence-electron chi connectivity index (χ0n) is 20.9. The van der Waals surface area contributed by atoms with Crippen LogP contribution in [0.2, 0.25) is 5.02 Å². The molecule has 3 aromatic carbocycles. The third kappa shape index (κ3) is 9.36. The smallest absolute Gasteiger partial charge is 0.243 e. The van der Waals surface area contributed by atoms with Crippen LogP contribution in [0.15, 0.2) is 89.8 Å². The molecule has 0 saturated carbocycles. The van der Waals surface area contributed by atoms with E-state index in [2.05, 4.69) is 12.2 Å². The minimum Gasteiger partial charge on any atom is -0.354 e. The first-order chi connectivity index (χ1) is 17.6. The summed E-state index contributed by atoms with van der Waals surface area (Å²) in [7, 11) is 0. The fraction of sp³-hybridized carbons (Fsp3) is 0.333. The molecule has 4 nitrogen and oxygen atoms in total. The van der Waals surface area contributed by atoms with Crippen LogP contribution < -0.4 is 5.32 Å². The summed E-state index contributed by atoms with van der Waals surface area (Å²) in [5.41, 5.74) is 2.05. The fourth-order valence-electron chi connectivity index (χ4n) is 3.93. The van der Waals surface area contributed by atoms with Crippen molar-refractivity contribution in [3.05, 3.63) is 101 Å². The van der Waals surface area contributed by atoms with E-state index in [1.165, 1.54) is 0 Å². The second-order valence-electron chi connectivity index (χ2n) is 8.76. The van der Waals surface area contributed by atoms with Gasteiger partial charge in [-0.15, -0.1) is 11.8 Å². The van der Waals surface area contributed by atoms with Gasteiger partial charge in [0, 0.05) is 35.8 Å². The monoisotopic (exact) mass is 522 g/mol. The molecule has 3 rings (SSSR count). The topological polar surface area (TPSA) is 49.4 Å². The quantitative estimate of drug-likeness (QED) is 0.188. The Balaban J connectivity index is 1.74. The van der Waals surface area contributed by atoms with Gasteiger partial charge in [0.25, 0.3) is 0 Å². The van der Waals surface area contributed by atoms with Gasteiger partial charge in [-0.1, -0.05) is 85.6 Å². The molecule has 0 aromatic heterocycles. The Labute approximate surface area is 224 Å². The Kier molecular flexibility index (Phi) is 11.9. The molecular weight excluding hydrogens is 488 g/mol. The van der Waals surface area contributed by atoms with Gasteiger partial charge in [-0.25, -0.2) is 0 Å². The van der Waals surface area contributed by atoms with Crippen LogP contribution in [0, 0.1) is 0 Å². The normalized spacial score (nSPS) is 11.6. The van der Waals surface area contributed by atoms with Crippen molar-refractivity contribution in [2.75, 3.05) is 12.3 Å². The van der Waals surface area contributed by atoms with Crippen molar-refractivity contribution in [2.45, 2.75) is 56.5 Å². The van der Waals surface area contributed by atoms with E-state index in [1.807, 2.05) is 84.9 Å². The van der Waals surface area contributed by atoms with Crippen molar-refractivity contribution in [1.29, 1.82) is 0 Å². The average Bonchev–Trinajstić information content (AvgIpc) is 2.91. The number of thioether (sulfide) groups is 1. The molecule has 0 bridgehead atoms. The van der Waals surface area contributed by atoms with E-state index in [0.717, 1.165) is 41.0 Å². The van der Waals surface area contributed by atoms with E-state index >= 15 is 0 Å². The van der Waals surface area contributed by atoms with Gasteiger partial charge in [0.2, 0.25) is 11.8 Å². The summed E-state index contributed by atoms with van der Waals surface area (Å²) in [5, 5.41) is 3.79. The second kappa shape index (κ2) is 15.4. The highest BCUT2D eigenvalue weighted by Gasteiger charge is 2.29. The van der Waals surface area contributed by atoms with Gasteiger partial charge in [-0.3, -0.25) is 9.59 Å². The van der Waals surface area contributed by atoms with Gasteiger partial charge in [-0.2, -0.15) is 0 Å². The molecule has 0 radical (unpaired) electrons. The highest BCUT2D eigenvalue weighted by atomic mass is 35.5. The Morgan fingerprint density at radius 1 is 0.889 bits per heavy atom. The minimum atomic E-state index is -0.569. The van der Waals surface area contributed by atoms with E-state index in [-0.39, 0.29) is 11.8 Å². The van der Waals surface area contributed by atoms with Crippen molar-refractivity contribution in [3.63, 3.8) is 0 Å². The Bertz CT molecular complexity index is 1060. The first kappa shape index (κ1) is 27.8. The number of carbonyl (C=O) groups excluding carboxylic acids is 2. The van der Waals surface area contributed by atoms with Crippen LogP contribution in [0.4, 0.5) is 0 Å². The highest BCUT2D eigenvalue weighted by molar-refractivity contribution is 7.99. The van der Waals surface area contributed by atoms with Crippen molar-refractivity contribution >= 4 is 35.2 Å². The third-order valence-electron chi connectivity index (χ3n) is 5.91. The zero-order valence-corrected chi connectivity index (χ0v) is 22.4. The van der Waals surface area contributed by atoms with E-state index in [1.54, 1.807) is 16.7 Å². The number of unbranched alkanes of at least 4 members (excludes halogenated alkanes) is 1. The molecule has 0 fully saturated rings. The van der Waals surface area contributed by atoms with Gasteiger partial charge >= 0.3 is 0 Å². The van der Waals surface area contributed by atoms with Crippen LogP contribution in [-0.2, 0) is 22.6 Å². The van der Waals surface area contributed by atoms with Crippen LogP contribution in [0.25, 0.3) is 0 Å². The zero-order chi connectivity index (χ0) is 25.6. The molecule has 6 heteroatoms. The predicted molar refractivity (Wildman–Crippen MR) is 150 cm³/mol. The summed E-state index contributed by atoms with van der Waals surface area (Å²) in [4.78, 5) is 29.9. The molecule has 0 aliphatic heterocycles. The lowest BCUT2D eigenvalue weighted by molar-refractivity contribution is -0.141. The van der Waals surface area contributed by atoms with Gasteiger partial charge in [0.1, 0.15) is 6.04 Å². The van der Waals surface area contributed by atoms with Crippen molar-refractivity contribution in [1.82, 2.24) is 10.2 Å². The van der Waals surface area contributed by atoms with Crippen LogP contribution >= 0.6 is 23.4 Å². The Morgan fingerprint density at radius 3 is 2.17 bits per heavy atom. The lowest BCUT2D eigenvalue weighted by Gasteiger charge is -2.31. The van der Waals surface area contributed by atoms with Gasteiger partial charge in [-0.05, 0) is 54.0 Å². The second-order valence-corrected chi connectivity index (χ2v) is 10.4. The maximum atomic E-state index is 13.6. The third-order valence-corrected chi connectivity index (χ3v) is 7.26. The van der Waals surface area contributed by atoms with Crippen molar-refractivity contribution in [2.24, 2.45) is 0 Å². The maximum absolute atomic E-state index is 13.6. The molecule has 0 unspecified atom stereocenters. The summed E-state index contributed by atoms with van der Waals surface area (Å²) >= 11 is 7.69. The van der Waals surface area contributed by atoms with Crippen LogP contribution in [-0.4, -0.2) is 35.1 Å². The molecule has 0 aliphatic rings. The first-order valence-corrected chi connectivity index (χ1v) is 14.0. The molecule has 2 amide bonds. The van der Waals surface area contributed by atoms with E-state index in [4.69, 9.17) is 11.6 Å². The molecule has 190 valence electrons. The number of hydrogen-bond donors (Lipinski definition) is 1. The molecule has 0 aliphatic carbocycles. The number of benzene rings is 3. The SMILES string of the molecule is CCCCNC(=O)[C@@H](Cc1ccccc1)N(Cc1ccccc1)C(=O)CCCSc1ccc(Cl)cc1.